The van der Waals surface area contributed by atoms with E-state index < -0.39 is 50.5 Å². The van der Waals surface area contributed by atoms with Crippen LogP contribution in [0.4, 0.5) is 5.82 Å². The standard InChI is InChI=1S/C15H23N5O5/c1-8(4-21)2-3-16-13-10-14(18-6-17-13)20(7-19-10)15-12(24)11(23)9(5-22)25-15/h6-9,11-12,15,21-24H,2-5H2,1H3,(H,16,17,18)/t8?,9-,11-,12-,15-/m1/s1/i1D3,4D2. The van der Waals surface area contributed by atoms with Crippen LogP contribution in [0.5, 0.6) is 0 Å². The van der Waals surface area contributed by atoms with Crippen molar-refractivity contribution in [2.45, 2.75) is 37.8 Å². The Bertz CT molecular complexity index is 862. The molecule has 25 heavy (non-hydrogen) atoms. The summed E-state index contributed by atoms with van der Waals surface area (Å²) in [5.41, 5.74) is 0.528. The Morgan fingerprint density at radius 2 is 2.20 bits per heavy atom. The van der Waals surface area contributed by atoms with E-state index in [9.17, 15) is 20.4 Å². The average Bonchev–Trinajstić information content (AvgIpc) is 3.19. The molecule has 5 atom stereocenters. The predicted octanol–water partition coefficient (Wildman–Crippen LogP) is -1.13. The molecular weight excluding hydrogens is 330 g/mol. The maximum Gasteiger partial charge on any atom is 0.167 e. The van der Waals surface area contributed by atoms with E-state index in [4.69, 9.17) is 11.6 Å². The number of hydrogen-bond donors (Lipinski definition) is 5. The van der Waals surface area contributed by atoms with Gasteiger partial charge in [0.25, 0.3) is 0 Å². The highest BCUT2D eigenvalue weighted by molar-refractivity contribution is 5.82. The van der Waals surface area contributed by atoms with Crippen LogP contribution < -0.4 is 5.32 Å². The number of anilines is 1. The number of nitrogens with one attached hydrogen (secondary N) is 1. The molecule has 1 aliphatic heterocycles. The van der Waals surface area contributed by atoms with Crippen molar-refractivity contribution in [2.75, 3.05) is 25.0 Å². The number of aliphatic hydroxyl groups is 4. The van der Waals surface area contributed by atoms with Crippen molar-refractivity contribution in [1.29, 1.82) is 0 Å². The van der Waals surface area contributed by atoms with Crippen molar-refractivity contribution in [1.82, 2.24) is 19.5 Å². The molecule has 1 unspecified atom stereocenters. The molecule has 0 amide bonds. The van der Waals surface area contributed by atoms with Crippen LogP contribution in [-0.2, 0) is 4.74 Å². The summed E-state index contributed by atoms with van der Waals surface area (Å²) in [4.78, 5) is 12.3. The Labute approximate surface area is 151 Å². The van der Waals surface area contributed by atoms with Crippen LogP contribution in [0.15, 0.2) is 12.7 Å². The van der Waals surface area contributed by atoms with Crippen LogP contribution in [0.25, 0.3) is 11.2 Å². The Morgan fingerprint density at radius 1 is 1.36 bits per heavy atom. The lowest BCUT2D eigenvalue weighted by atomic mass is 10.1. The Morgan fingerprint density at radius 3 is 2.88 bits per heavy atom. The summed E-state index contributed by atoms with van der Waals surface area (Å²) in [7, 11) is 0. The van der Waals surface area contributed by atoms with E-state index in [1.54, 1.807) is 0 Å². The van der Waals surface area contributed by atoms with Crippen molar-refractivity contribution >= 4 is 17.0 Å². The predicted molar refractivity (Wildman–Crippen MR) is 87.7 cm³/mol. The number of rotatable bonds is 7. The first-order valence-corrected chi connectivity index (χ1v) is 7.71. The number of hydrogen-bond acceptors (Lipinski definition) is 9. The third-order valence-electron chi connectivity index (χ3n) is 4.03. The molecule has 5 N–H and O–H groups in total. The van der Waals surface area contributed by atoms with Crippen molar-refractivity contribution in [2.24, 2.45) is 5.92 Å². The highest BCUT2D eigenvalue weighted by atomic mass is 16.6. The number of imidazole rings is 1. The van der Waals surface area contributed by atoms with Gasteiger partial charge in [-0.3, -0.25) is 4.57 Å². The van der Waals surface area contributed by atoms with Gasteiger partial charge in [-0.15, -0.1) is 0 Å². The van der Waals surface area contributed by atoms with Gasteiger partial charge in [0.15, 0.2) is 23.2 Å². The molecule has 3 rings (SSSR count). The van der Waals surface area contributed by atoms with E-state index in [0.29, 0.717) is 0 Å². The van der Waals surface area contributed by atoms with E-state index in [-0.39, 0.29) is 29.9 Å². The lowest BCUT2D eigenvalue weighted by Gasteiger charge is -2.16. The molecule has 0 aliphatic carbocycles. The normalized spacial score (nSPS) is 31.8. The maximum atomic E-state index is 10.2. The zero-order chi connectivity index (χ0) is 22.3. The number of aliphatic hydroxyl groups excluding tert-OH is 3. The van der Waals surface area contributed by atoms with Gasteiger partial charge in [0.2, 0.25) is 0 Å². The smallest absolute Gasteiger partial charge is 0.167 e. The number of ether oxygens (including phenoxy) is 1. The van der Waals surface area contributed by atoms with E-state index in [0.717, 1.165) is 0 Å². The first-order chi connectivity index (χ1) is 13.9. The summed E-state index contributed by atoms with van der Waals surface area (Å²) in [5.74, 6) is -1.38. The molecule has 138 valence electrons. The summed E-state index contributed by atoms with van der Waals surface area (Å²) in [6.45, 7) is -6.07. The second-order valence-corrected chi connectivity index (χ2v) is 5.67. The van der Waals surface area contributed by atoms with E-state index in [1.165, 1.54) is 17.2 Å². The van der Waals surface area contributed by atoms with Crippen molar-refractivity contribution in [3.8, 4) is 0 Å². The summed E-state index contributed by atoms with van der Waals surface area (Å²) in [5, 5.41) is 41.8. The molecule has 10 nitrogen and oxygen atoms in total. The summed E-state index contributed by atoms with van der Waals surface area (Å²) in [6, 6.07) is 0. The highest BCUT2D eigenvalue weighted by Gasteiger charge is 2.44. The minimum absolute atomic E-state index is 0.0179. The minimum Gasteiger partial charge on any atom is -0.396 e. The molecule has 0 saturated carbocycles. The van der Waals surface area contributed by atoms with E-state index in [2.05, 4.69) is 20.3 Å². The molecule has 2 aromatic heterocycles. The van der Waals surface area contributed by atoms with Crippen LogP contribution >= 0.6 is 0 Å². The third-order valence-corrected chi connectivity index (χ3v) is 4.03. The molecule has 1 fully saturated rings. The lowest BCUT2D eigenvalue weighted by Crippen LogP contribution is -2.33. The molecule has 0 bridgehead atoms. The van der Waals surface area contributed by atoms with E-state index in [1.807, 2.05) is 0 Å². The summed E-state index contributed by atoms with van der Waals surface area (Å²) in [6.07, 6.45) is -2.29. The topological polar surface area (TPSA) is 146 Å². The van der Waals surface area contributed by atoms with Gasteiger partial charge in [-0.1, -0.05) is 6.85 Å². The Kier molecular flexibility index (Phi) is 3.79. The van der Waals surface area contributed by atoms with Gasteiger partial charge in [-0.2, -0.15) is 0 Å². The SMILES string of the molecule is [2H]C([2H])([2H])C(CCNc1ncnc2c1ncn2[C@@H]1O[C@H](CO)[C@@H](O)[C@H]1O)C([2H])([2H])O. The van der Waals surface area contributed by atoms with Crippen LogP contribution in [0.2, 0.25) is 0 Å². The van der Waals surface area contributed by atoms with Crippen molar-refractivity contribution in [3.63, 3.8) is 0 Å². The quantitative estimate of drug-likeness (QED) is 0.415. The second-order valence-electron chi connectivity index (χ2n) is 5.67. The molecule has 2 aromatic rings. The fourth-order valence-electron chi connectivity index (χ4n) is 2.68. The molecule has 1 saturated heterocycles. The molecular formula is C15H23N5O5. The summed E-state index contributed by atoms with van der Waals surface area (Å²) < 4.78 is 43.8. The largest absolute Gasteiger partial charge is 0.396 e. The van der Waals surface area contributed by atoms with Gasteiger partial charge in [0, 0.05) is 17.2 Å². The molecule has 3 heterocycles. The first kappa shape index (κ1) is 12.5. The van der Waals surface area contributed by atoms with Gasteiger partial charge in [-0.05, 0) is 12.3 Å². The van der Waals surface area contributed by atoms with Crippen LogP contribution in [0, 0.1) is 5.92 Å². The summed E-state index contributed by atoms with van der Waals surface area (Å²) >= 11 is 0. The second kappa shape index (κ2) is 7.58. The fourth-order valence-corrected chi connectivity index (χ4v) is 2.68. The first-order valence-electron chi connectivity index (χ1n) is 10.2. The van der Waals surface area contributed by atoms with Crippen LogP contribution in [-0.4, -0.2) is 78.0 Å². The molecule has 10 heteroatoms. The van der Waals surface area contributed by atoms with Gasteiger partial charge >= 0.3 is 0 Å². The van der Waals surface area contributed by atoms with Gasteiger partial charge in [0.1, 0.15) is 24.6 Å². The lowest BCUT2D eigenvalue weighted by molar-refractivity contribution is -0.0511. The average molecular weight is 358 g/mol. The third kappa shape index (κ3) is 3.44. The number of nitrogens with zero attached hydrogens (tertiary/aromatic N) is 4. The van der Waals surface area contributed by atoms with Crippen LogP contribution in [0.1, 0.15) is 26.4 Å². The number of fused-ring (bicyclic) bond motifs is 1. The van der Waals surface area contributed by atoms with Gasteiger partial charge in [-0.25, -0.2) is 15.0 Å². The zero-order valence-electron chi connectivity index (χ0n) is 18.1. The van der Waals surface area contributed by atoms with Crippen molar-refractivity contribution < 1.29 is 32.0 Å². The molecule has 0 radical (unpaired) electrons. The zero-order valence-corrected chi connectivity index (χ0v) is 13.1. The highest BCUT2D eigenvalue weighted by Crippen LogP contribution is 2.32. The van der Waals surface area contributed by atoms with Crippen LogP contribution in [0.3, 0.4) is 0 Å². The molecule has 0 spiro atoms. The maximum absolute atomic E-state index is 10.2. The minimum atomic E-state index is -2.88. The Balaban J connectivity index is 1.78. The van der Waals surface area contributed by atoms with E-state index >= 15 is 0 Å². The van der Waals surface area contributed by atoms with Crippen molar-refractivity contribution in [3.05, 3.63) is 12.7 Å². The Hall–Kier alpha value is -1.85. The van der Waals surface area contributed by atoms with Gasteiger partial charge < -0.3 is 30.5 Å². The fraction of sp³-hybridized carbons (Fsp3) is 0.667. The molecule has 0 aromatic carbocycles. The van der Waals surface area contributed by atoms with Gasteiger partial charge in [0.05, 0.1) is 15.7 Å². The monoisotopic (exact) mass is 358 g/mol. The molecule has 1 aliphatic rings. The number of aromatic nitrogens is 4.